The molecule has 0 spiro atoms. The number of nitrogens with zero attached hydrogens (tertiary/aromatic N) is 4. The summed E-state index contributed by atoms with van der Waals surface area (Å²) in [5, 5.41) is 17.9. The minimum Gasteiger partial charge on any atom is -0.492 e. The van der Waals surface area contributed by atoms with Crippen LogP contribution in [0.1, 0.15) is 61.4 Å². The van der Waals surface area contributed by atoms with Crippen molar-refractivity contribution in [3.05, 3.63) is 33.8 Å². The van der Waals surface area contributed by atoms with Crippen molar-refractivity contribution < 1.29 is 19.4 Å². The summed E-state index contributed by atoms with van der Waals surface area (Å²) in [6.07, 6.45) is 10.3. The Morgan fingerprint density at radius 3 is 2.59 bits per heavy atom. The largest absolute Gasteiger partial charge is 0.492 e. The van der Waals surface area contributed by atoms with Crippen LogP contribution in [-0.2, 0) is 16.1 Å². The maximum Gasteiger partial charge on any atom is 0.270 e. The van der Waals surface area contributed by atoms with Crippen molar-refractivity contribution in [2.24, 2.45) is 5.41 Å². The van der Waals surface area contributed by atoms with E-state index < -0.39 is 17.3 Å². The molecule has 10 heteroatoms. The van der Waals surface area contributed by atoms with Crippen LogP contribution < -0.4 is 10.9 Å². The average Bonchev–Trinajstić information content (AvgIpc) is 3.70. The molecule has 2 bridgehead atoms. The van der Waals surface area contributed by atoms with E-state index in [1.807, 2.05) is 4.90 Å². The van der Waals surface area contributed by atoms with Gasteiger partial charge in [0.1, 0.15) is 5.65 Å². The average molecular weight is 468 g/mol. The molecule has 4 aliphatic rings. The Hall–Kier alpha value is -3.14. The molecule has 2 saturated heterocycles. The summed E-state index contributed by atoms with van der Waals surface area (Å²) in [5.74, 6) is -1.15. The molecule has 2 aliphatic carbocycles. The molecule has 2 unspecified atom stereocenters. The number of aromatic hydroxyl groups is 1. The molecule has 2 aromatic rings. The third-order valence-corrected chi connectivity index (χ3v) is 7.59. The Labute approximate surface area is 196 Å². The van der Waals surface area contributed by atoms with Crippen LogP contribution in [0, 0.1) is 5.41 Å². The Bertz CT molecular complexity index is 1250. The van der Waals surface area contributed by atoms with E-state index >= 15 is 0 Å². The lowest BCUT2D eigenvalue weighted by molar-refractivity contribution is -0.135. The van der Waals surface area contributed by atoms with Crippen LogP contribution in [-0.4, -0.2) is 67.3 Å². The lowest BCUT2D eigenvalue weighted by Crippen LogP contribution is -2.48. The number of carbonyl (C=O) groups excluding carboxylic acids is 2. The van der Waals surface area contributed by atoms with Crippen molar-refractivity contribution in [2.75, 3.05) is 13.2 Å². The molecule has 2 amide bonds. The van der Waals surface area contributed by atoms with Gasteiger partial charge in [-0.05, 0) is 50.0 Å². The predicted molar refractivity (Wildman–Crippen MR) is 122 cm³/mol. The minimum absolute atomic E-state index is 0.0421. The molecular weight excluding hydrogens is 438 g/mol. The van der Waals surface area contributed by atoms with E-state index in [4.69, 9.17) is 4.74 Å². The summed E-state index contributed by atoms with van der Waals surface area (Å²) in [6.45, 7) is 3.62. The Morgan fingerprint density at radius 2 is 1.94 bits per heavy atom. The van der Waals surface area contributed by atoms with E-state index in [1.165, 1.54) is 21.4 Å². The highest BCUT2D eigenvalue weighted by molar-refractivity contribution is 5.97. The molecule has 180 valence electrons. The number of rotatable bonds is 6. The van der Waals surface area contributed by atoms with Crippen molar-refractivity contribution in [1.82, 2.24) is 24.4 Å². The normalized spacial score (nSPS) is 25.3. The van der Waals surface area contributed by atoms with E-state index in [9.17, 15) is 19.5 Å². The summed E-state index contributed by atoms with van der Waals surface area (Å²) < 4.78 is 8.33. The molecule has 0 aromatic carbocycles. The maximum absolute atomic E-state index is 13.5. The van der Waals surface area contributed by atoms with Crippen LogP contribution in [0.5, 0.6) is 5.88 Å². The van der Waals surface area contributed by atoms with Crippen LogP contribution >= 0.6 is 0 Å². The first-order chi connectivity index (χ1) is 16.3. The van der Waals surface area contributed by atoms with Gasteiger partial charge < -0.3 is 20.1 Å². The Kier molecular flexibility index (Phi) is 4.84. The smallest absolute Gasteiger partial charge is 0.270 e. The number of ether oxygens (including phenoxy) is 1. The summed E-state index contributed by atoms with van der Waals surface area (Å²) in [5.41, 5.74) is 0.0548. The maximum atomic E-state index is 13.5. The predicted octanol–water partition coefficient (Wildman–Crippen LogP) is 1.30. The van der Waals surface area contributed by atoms with Crippen molar-refractivity contribution in [1.29, 1.82) is 0 Å². The lowest BCUT2D eigenvalue weighted by Gasteiger charge is -2.33. The molecule has 0 radical (unpaired) electrons. The first-order valence-corrected chi connectivity index (χ1v) is 12.1. The van der Waals surface area contributed by atoms with Gasteiger partial charge in [-0.3, -0.25) is 19.0 Å². The molecule has 4 heterocycles. The highest BCUT2D eigenvalue weighted by atomic mass is 16.5. The van der Waals surface area contributed by atoms with E-state index in [-0.39, 0.29) is 35.0 Å². The van der Waals surface area contributed by atoms with Crippen molar-refractivity contribution in [3.8, 4) is 5.88 Å². The highest BCUT2D eigenvalue weighted by Gasteiger charge is 2.41. The van der Waals surface area contributed by atoms with E-state index in [0.29, 0.717) is 31.0 Å². The summed E-state index contributed by atoms with van der Waals surface area (Å²) in [4.78, 5) is 41.1. The Balaban J connectivity index is 1.39. The molecule has 6 rings (SSSR count). The van der Waals surface area contributed by atoms with E-state index in [0.717, 1.165) is 38.5 Å². The van der Waals surface area contributed by atoms with Gasteiger partial charge in [-0.1, -0.05) is 6.92 Å². The first kappa shape index (κ1) is 21.4. The number of carbonyl (C=O) groups is 2. The zero-order valence-corrected chi connectivity index (χ0v) is 19.2. The van der Waals surface area contributed by atoms with Crippen LogP contribution in [0.2, 0.25) is 0 Å². The molecule has 10 nitrogen and oxygen atoms in total. The number of aromatic nitrogens is 3. The quantitative estimate of drug-likeness (QED) is 0.619. The number of amides is 2. The second kappa shape index (κ2) is 7.69. The molecule has 2 aliphatic heterocycles. The standard InChI is InChI=1S/C24H29N5O5/c1-24(8-9-24)13-27-21-14(2-7-18(30)28-16-5-6-17(28)12-34-11-16)10-25-29(21)23(33)19(22(27)32)20(31)26-15-3-4-15/h2,7,10,15-17,33H,3-6,8-9,11-13H2,1H3,(H,26,31)/b7-2+. The molecule has 2 N–H and O–H groups in total. The molecule has 2 aromatic heterocycles. The fourth-order valence-electron chi connectivity index (χ4n) is 5.15. The van der Waals surface area contributed by atoms with E-state index in [1.54, 1.807) is 6.08 Å². The van der Waals surface area contributed by atoms with Crippen LogP contribution in [0.3, 0.4) is 0 Å². The topological polar surface area (TPSA) is 118 Å². The number of fused-ring (bicyclic) bond motifs is 3. The number of nitrogens with one attached hydrogen (secondary N) is 1. The van der Waals surface area contributed by atoms with Gasteiger partial charge in [-0.25, -0.2) is 0 Å². The molecular formula is C24H29N5O5. The minimum atomic E-state index is -0.577. The SMILES string of the molecule is CC1(Cn2c(=O)c(C(=O)NC3CC3)c(O)n3ncc(/C=C/C(=O)N4C5CCC4COC5)c23)CC1. The second-order valence-electron chi connectivity index (χ2n) is 10.5. The second-order valence-corrected chi connectivity index (χ2v) is 10.5. The first-order valence-electron chi connectivity index (χ1n) is 12.1. The molecule has 34 heavy (non-hydrogen) atoms. The number of morpholine rings is 1. The molecule has 2 atom stereocenters. The third-order valence-electron chi connectivity index (χ3n) is 7.59. The van der Waals surface area contributed by atoms with Gasteiger partial charge in [-0.15, -0.1) is 0 Å². The summed E-state index contributed by atoms with van der Waals surface area (Å²) >= 11 is 0. The van der Waals surface area contributed by atoms with Gasteiger partial charge in [-0.2, -0.15) is 9.61 Å². The third kappa shape index (κ3) is 3.60. The highest BCUT2D eigenvalue weighted by Crippen LogP contribution is 2.46. The number of hydrogen-bond acceptors (Lipinski definition) is 6. The van der Waals surface area contributed by atoms with Gasteiger partial charge in [0.25, 0.3) is 11.5 Å². The van der Waals surface area contributed by atoms with Gasteiger partial charge >= 0.3 is 0 Å². The number of hydrogen-bond donors (Lipinski definition) is 2. The molecule has 2 saturated carbocycles. The lowest BCUT2D eigenvalue weighted by atomic mass is 10.1. The Morgan fingerprint density at radius 1 is 1.24 bits per heavy atom. The summed E-state index contributed by atoms with van der Waals surface area (Å²) in [6, 6.07) is 0.253. The molecule has 4 fully saturated rings. The van der Waals surface area contributed by atoms with Gasteiger partial charge in [0.2, 0.25) is 11.8 Å². The van der Waals surface area contributed by atoms with E-state index in [2.05, 4.69) is 17.3 Å². The van der Waals surface area contributed by atoms with Crippen LogP contribution in [0.4, 0.5) is 0 Å². The fraction of sp³-hybridized carbons (Fsp3) is 0.583. The summed E-state index contributed by atoms with van der Waals surface area (Å²) in [7, 11) is 0. The zero-order valence-electron chi connectivity index (χ0n) is 19.2. The monoisotopic (exact) mass is 467 g/mol. The van der Waals surface area contributed by atoms with Crippen molar-refractivity contribution >= 4 is 23.5 Å². The fourth-order valence-corrected chi connectivity index (χ4v) is 5.15. The zero-order chi connectivity index (χ0) is 23.6. The van der Waals surface area contributed by atoms with Crippen LogP contribution in [0.15, 0.2) is 17.1 Å². The van der Waals surface area contributed by atoms with Crippen molar-refractivity contribution in [2.45, 2.75) is 70.1 Å². The van der Waals surface area contributed by atoms with Crippen molar-refractivity contribution in [3.63, 3.8) is 0 Å². The van der Waals surface area contributed by atoms with Gasteiger partial charge in [0.05, 0.1) is 31.5 Å². The van der Waals surface area contributed by atoms with Crippen LogP contribution in [0.25, 0.3) is 11.7 Å². The van der Waals surface area contributed by atoms with Gasteiger partial charge in [0, 0.05) is 24.2 Å². The van der Waals surface area contributed by atoms with Gasteiger partial charge in [0.15, 0.2) is 5.56 Å².